The highest BCUT2D eigenvalue weighted by atomic mass is 16.6. The first kappa shape index (κ1) is 13.4. The van der Waals surface area contributed by atoms with E-state index in [0.29, 0.717) is 0 Å². The second kappa shape index (κ2) is 4.71. The van der Waals surface area contributed by atoms with Crippen molar-refractivity contribution in [2.75, 3.05) is 5.32 Å². The predicted octanol–water partition coefficient (Wildman–Crippen LogP) is 2.47. The Bertz CT molecular complexity index is 428. The molecule has 0 amide bonds. The van der Waals surface area contributed by atoms with E-state index in [2.05, 4.69) is 5.32 Å². The molecule has 1 rings (SSSR count). The molecule has 0 saturated heterocycles. The number of hydrogen-bond acceptors (Lipinski definition) is 4. The van der Waals surface area contributed by atoms with Crippen LogP contribution in [0.15, 0.2) is 18.2 Å². The van der Waals surface area contributed by atoms with E-state index in [9.17, 15) is 15.2 Å². The van der Waals surface area contributed by atoms with Crippen LogP contribution in [-0.4, -0.2) is 21.7 Å². The molecule has 5 heteroatoms. The van der Waals surface area contributed by atoms with E-state index in [1.54, 1.807) is 19.9 Å². The summed E-state index contributed by atoms with van der Waals surface area (Å²) in [6.07, 6.45) is -0.530. The second-order valence-electron chi connectivity index (χ2n) is 4.78. The molecule has 0 bridgehead atoms. The van der Waals surface area contributed by atoms with Gasteiger partial charge in [0, 0.05) is 17.8 Å². The maximum Gasteiger partial charge on any atom is 0.269 e. The molecule has 0 heterocycles. The van der Waals surface area contributed by atoms with Crippen molar-refractivity contribution in [3.8, 4) is 0 Å². The van der Waals surface area contributed by atoms with Crippen LogP contribution in [-0.2, 0) is 0 Å². The third-order valence-corrected chi connectivity index (χ3v) is 2.92. The van der Waals surface area contributed by atoms with Gasteiger partial charge in [0.05, 0.1) is 16.6 Å². The molecule has 0 aromatic heterocycles. The van der Waals surface area contributed by atoms with Crippen molar-refractivity contribution in [2.45, 2.75) is 39.3 Å². The van der Waals surface area contributed by atoms with Crippen LogP contribution in [0, 0.1) is 17.0 Å². The summed E-state index contributed by atoms with van der Waals surface area (Å²) in [4.78, 5) is 10.2. The summed E-state index contributed by atoms with van der Waals surface area (Å²) in [6, 6.07) is 4.63. The van der Waals surface area contributed by atoms with Gasteiger partial charge in [0.25, 0.3) is 5.69 Å². The monoisotopic (exact) mass is 238 g/mol. The fourth-order valence-corrected chi connectivity index (χ4v) is 1.35. The van der Waals surface area contributed by atoms with Gasteiger partial charge in [0.2, 0.25) is 0 Å². The van der Waals surface area contributed by atoms with E-state index < -0.39 is 16.6 Å². The Hall–Kier alpha value is -1.62. The Balaban J connectivity index is 2.98. The van der Waals surface area contributed by atoms with Crippen LogP contribution in [0.5, 0.6) is 0 Å². The van der Waals surface area contributed by atoms with E-state index >= 15 is 0 Å². The van der Waals surface area contributed by atoms with Crippen molar-refractivity contribution in [3.63, 3.8) is 0 Å². The zero-order valence-electron chi connectivity index (χ0n) is 10.5. The number of hydrogen-bond donors (Lipinski definition) is 2. The Morgan fingerprint density at radius 2 is 2.06 bits per heavy atom. The molecular formula is C12H18N2O3. The molecule has 0 saturated carbocycles. The molecule has 0 spiro atoms. The standard InChI is InChI=1S/C12H18N2O3/c1-8-7-10(14(16)17)5-6-11(8)13-12(3,4)9(2)15/h5-7,9,13,15H,1-4H3. The Labute approximate surface area is 101 Å². The van der Waals surface area contributed by atoms with Gasteiger partial charge in [0.1, 0.15) is 0 Å². The number of rotatable bonds is 4. The largest absolute Gasteiger partial charge is 0.391 e. The number of nitro benzene ring substituents is 1. The van der Waals surface area contributed by atoms with Crippen LogP contribution >= 0.6 is 0 Å². The van der Waals surface area contributed by atoms with Gasteiger partial charge in [0.15, 0.2) is 0 Å². The zero-order chi connectivity index (χ0) is 13.2. The molecule has 1 unspecified atom stereocenters. The van der Waals surface area contributed by atoms with Gasteiger partial charge in [-0.15, -0.1) is 0 Å². The number of benzene rings is 1. The molecule has 0 aliphatic heterocycles. The number of anilines is 1. The topological polar surface area (TPSA) is 75.4 Å². The number of nitrogens with one attached hydrogen (secondary N) is 1. The average Bonchev–Trinajstić information content (AvgIpc) is 2.20. The molecule has 5 nitrogen and oxygen atoms in total. The molecule has 2 N–H and O–H groups in total. The van der Waals surface area contributed by atoms with E-state index in [1.165, 1.54) is 12.1 Å². The molecule has 17 heavy (non-hydrogen) atoms. The van der Waals surface area contributed by atoms with Gasteiger partial charge in [-0.3, -0.25) is 10.1 Å². The minimum absolute atomic E-state index is 0.0721. The number of aliphatic hydroxyl groups excluding tert-OH is 1. The normalized spacial score (nSPS) is 13.2. The van der Waals surface area contributed by atoms with Crippen LogP contribution in [0.4, 0.5) is 11.4 Å². The third kappa shape index (κ3) is 3.17. The van der Waals surface area contributed by atoms with Crippen LogP contribution < -0.4 is 5.32 Å². The minimum atomic E-state index is -0.530. The van der Waals surface area contributed by atoms with E-state index in [0.717, 1.165) is 11.3 Å². The van der Waals surface area contributed by atoms with Gasteiger partial charge in [-0.2, -0.15) is 0 Å². The zero-order valence-corrected chi connectivity index (χ0v) is 10.5. The smallest absolute Gasteiger partial charge is 0.269 e. The summed E-state index contributed by atoms with van der Waals surface area (Å²) in [7, 11) is 0. The molecule has 0 fully saturated rings. The van der Waals surface area contributed by atoms with Crippen LogP contribution in [0.3, 0.4) is 0 Å². The van der Waals surface area contributed by atoms with Crippen molar-refractivity contribution < 1.29 is 10.0 Å². The van der Waals surface area contributed by atoms with Crippen LogP contribution in [0.25, 0.3) is 0 Å². The third-order valence-electron chi connectivity index (χ3n) is 2.92. The Kier molecular flexibility index (Phi) is 3.72. The number of nitro groups is 1. The minimum Gasteiger partial charge on any atom is -0.391 e. The highest BCUT2D eigenvalue weighted by Crippen LogP contribution is 2.25. The Morgan fingerprint density at radius 3 is 2.47 bits per heavy atom. The number of nitrogens with zero attached hydrogens (tertiary/aromatic N) is 1. The lowest BCUT2D eigenvalue weighted by Crippen LogP contribution is -2.42. The van der Waals surface area contributed by atoms with Crippen molar-refractivity contribution >= 4 is 11.4 Å². The SMILES string of the molecule is Cc1cc([N+](=O)[O-])ccc1NC(C)(C)C(C)O. The fourth-order valence-electron chi connectivity index (χ4n) is 1.35. The number of aryl methyl sites for hydroxylation is 1. The maximum absolute atomic E-state index is 10.6. The van der Waals surface area contributed by atoms with Gasteiger partial charge >= 0.3 is 0 Å². The predicted molar refractivity (Wildman–Crippen MR) is 67.2 cm³/mol. The van der Waals surface area contributed by atoms with E-state index in [-0.39, 0.29) is 5.69 Å². The fraction of sp³-hybridized carbons (Fsp3) is 0.500. The lowest BCUT2D eigenvalue weighted by molar-refractivity contribution is -0.384. The van der Waals surface area contributed by atoms with Crippen molar-refractivity contribution in [1.29, 1.82) is 0 Å². The summed E-state index contributed by atoms with van der Waals surface area (Å²) in [5, 5.41) is 23.4. The highest BCUT2D eigenvalue weighted by molar-refractivity contribution is 5.56. The van der Waals surface area contributed by atoms with E-state index in [4.69, 9.17) is 0 Å². The van der Waals surface area contributed by atoms with Crippen LogP contribution in [0.2, 0.25) is 0 Å². The molecule has 94 valence electrons. The first-order valence-corrected chi connectivity index (χ1v) is 5.45. The van der Waals surface area contributed by atoms with Gasteiger partial charge in [-0.05, 0) is 39.3 Å². The first-order chi connectivity index (χ1) is 7.74. The molecular weight excluding hydrogens is 220 g/mol. The summed E-state index contributed by atoms with van der Waals surface area (Å²) in [5.41, 5.74) is 1.17. The van der Waals surface area contributed by atoms with Gasteiger partial charge < -0.3 is 10.4 Å². The maximum atomic E-state index is 10.6. The van der Waals surface area contributed by atoms with Crippen molar-refractivity contribution in [2.24, 2.45) is 0 Å². The number of non-ortho nitro benzene ring substituents is 1. The molecule has 1 atom stereocenters. The lowest BCUT2D eigenvalue weighted by Gasteiger charge is -2.31. The highest BCUT2D eigenvalue weighted by Gasteiger charge is 2.24. The average molecular weight is 238 g/mol. The molecule has 0 aliphatic rings. The van der Waals surface area contributed by atoms with Crippen LogP contribution in [0.1, 0.15) is 26.3 Å². The van der Waals surface area contributed by atoms with Gasteiger partial charge in [-0.25, -0.2) is 0 Å². The molecule has 0 aliphatic carbocycles. The summed E-state index contributed by atoms with van der Waals surface area (Å²) in [5.74, 6) is 0. The summed E-state index contributed by atoms with van der Waals surface area (Å²) >= 11 is 0. The second-order valence-corrected chi connectivity index (χ2v) is 4.78. The number of aliphatic hydroxyl groups is 1. The molecule has 1 aromatic rings. The molecule has 1 aromatic carbocycles. The van der Waals surface area contributed by atoms with E-state index in [1.807, 2.05) is 13.8 Å². The van der Waals surface area contributed by atoms with Gasteiger partial charge in [-0.1, -0.05) is 0 Å². The summed E-state index contributed by atoms with van der Waals surface area (Å²) < 4.78 is 0. The molecule has 0 radical (unpaired) electrons. The first-order valence-electron chi connectivity index (χ1n) is 5.45. The van der Waals surface area contributed by atoms with Crippen molar-refractivity contribution in [3.05, 3.63) is 33.9 Å². The summed E-state index contributed by atoms with van der Waals surface area (Å²) in [6.45, 7) is 7.25. The quantitative estimate of drug-likeness (QED) is 0.624. The lowest BCUT2D eigenvalue weighted by atomic mass is 9.97. The Morgan fingerprint density at radius 1 is 1.47 bits per heavy atom. The van der Waals surface area contributed by atoms with Crippen molar-refractivity contribution in [1.82, 2.24) is 0 Å².